The third-order valence-electron chi connectivity index (χ3n) is 4.26. The molecule has 1 fully saturated rings. The number of nitrogens with one attached hydrogen (secondary N) is 2. The van der Waals surface area contributed by atoms with Crippen LogP contribution in [0.3, 0.4) is 0 Å². The molecule has 3 rings (SSSR count). The van der Waals surface area contributed by atoms with Gasteiger partial charge in [-0.15, -0.1) is 0 Å². The van der Waals surface area contributed by atoms with Crippen molar-refractivity contribution in [3.8, 4) is 0 Å². The Morgan fingerprint density at radius 2 is 2.05 bits per heavy atom. The summed E-state index contributed by atoms with van der Waals surface area (Å²) in [5, 5.41) is 13.4. The zero-order valence-electron chi connectivity index (χ0n) is 11.9. The van der Waals surface area contributed by atoms with Gasteiger partial charge in [-0.05, 0) is 55.9 Å². The van der Waals surface area contributed by atoms with Crippen LogP contribution in [0.5, 0.6) is 0 Å². The van der Waals surface area contributed by atoms with E-state index in [1.807, 2.05) is 24.3 Å². The molecule has 0 atom stereocenters. The number of benzene rings is 1. The summed E-state index contributed by atoms with van der Waals surface area (Å²) in [6.07, 6.45) is 3.48. The van der Waals surface area contributed by atoms with Crippen molar-refractivity contribution in [3.05, 3.63) is 30.0 Å². The number of hydrogen-bond acceptors (Lipinski definition) is 3. The summed E-state index contributed by atoms with van der Waals surface area (Å²) in [4.78, 5) is 15.3. The lowest BCUT2D eigenvalue weighted by Gasteiger charge is -2.25. The summed E-state index contributed by atoms with van der Waals surface area (Å²) < 4.78 is 0. The minimum atomic E-state index is -0.156. The molecule has 0 spiro atoms. The molecule has 0 radical (unpaired) electrons. The molecule has 5 heteroatoms. The molecule has 1 amide bonds. The van der Waals surface area contributed by atoms with E-state index in [-0.39, 0.29) is 12.0 Å². The van der Waals surface area contributed by atoms with E-state index in [1.54, 1.807) is 0 Å². The predicted octanol–water partition coefficient (Wildman–Crippen LogP) is 2.03. The van der Waals surface area contributed by atoms with Gasteiger partial charge in [0, 0.05) is 23.1 Å². The van der Waals surface area contributed by atoms with E-state index >= 15 is 0 Å². The number of aromatic amines is 1. The van der Waals surface area contributed by atoms with E-state index in [0.717, 1.165) is 36.6 Å². The molecular weight excluding hydrogens is 266 g/mol. The highest BCUT2D eigenvalue weighted by Crippen LogP contribution is 2.23. The number of H-pyrrole nitrogens is 1. The third kappa shape index (κ3) is 3.19. The Hall–Kier alpha value is -2.01. The fraction of sp³-hybridized carbons (Fsp3) is 0.438. The zero-order valence-corrected chi connectivity index (χ0v) is 11.9. The molecule has 5 nitrogen and oxygen atoms in total. The van der Waals surface area contributed by atoms with Gasteiger partial charge in [-0.3, -0.25) is 4.79 Å². The van der Waals surface area contributed by atoms with Crippen LogP contribution in [0.15, 0.2) is 24.3 Å². The van der Waals surface area contributed by atoms with Crippen molar-refractivity contribution in [2.24, 2.45) is 5.92 Å². The molecular formula is C16H21N3O2. The number of carbonyl (C=O) groups is 1. The summed E-state index contributed by atoms with van der Waals surface area (Å²) in [6, 6.07) is 7.37. The molecule has 1 heterocycles. The molecule has 0 saturated heterocycles. The number of hydrogen-bond donors (Lipinski definition) is 4. The van der Waals surface area contributed by atoms with Gasteiger partial charge in [-0.2, -0.15) is 0 Å². The van der Waals surface area contributed by atoms with Crippen molar-refractivity contribution in [3.63, 3.8) is 0 Å². The third-order valence-corrected chi connectivity index (χ3v) is 4.26. The molecule has 1 saturated carbocycles. The molecule has 112 valence electrons. The Labute approximate surface area is 123 Å². The van der Waals surface area contributed by atoms with Gasteiger partial charge in [0.1, 0.15) is 5.69 Å². The van der Waals surface area contributed by atoms with Crippen LogP contribution in [0, 0.1) is 5.92 Å². The first-order valence-corrected chi connectivity index (χ1v) is 7.46. The van der Waals surface area contributed by atoms with Crippen LogP contribution in [0.1, 0.15) is 36.2 Å². The van der Waals surface area contributed by atoms with Crippen LogP contribution in [-0.4, -0.2) is 28.6 Å². The normalized spacial score (nSPS) is 22.3. The van der Waals surface area contributed by atoms with E-state index in [9.17, 15) is 9.90 Å². The van der Waals surface area contributed by atoms with Crippen LogP contribution < -0.4 is 11.1 Å². The first kappa shape index (κ1) is 13.9. The largest absolute Gasteiger partial charge is 0.399 e. The van der Waals surface area contributed by atoms with Gasteiger partial charge < -0.3 is 21.1 Å². The van der Waals surface area contributed by atoms with Crippen molar-refractivity contribution >= 4 is 22.5 Å². The van der Waals surface area contributed by atoms with E-state index in [2.05, 4.69) is 10.3 Å². The summed E-state index contributed by atoms with van der Waals surface area (Å²) in [7, 11) is 0. The molecule has 0 unspecified atom stereocenters. The SMILES string of the molecule is Nc1ccc2[nH]c(C(=O)NCC3CCC(O)CC3)cc2c1. The fourth-order valence-corrected chi connectivity index (χ4v) is 2.95. The molecule has 1 aliphatic rings. The predicted molar refractivity (Wildman–Crippen MR) is 83.0 cm³/mol. The molecule has 0 aliphatic heterocycles. The number of fused-ring (bicyclic) bond motifs is 1. The maximum absolute atomic E-state index is 12.2. The van der Waals surface area contributed by atoms with Crippen molar-refractivity contribution < 1.29 is 9.90 Å². The summed E-state index contributed by atoms with van der Waals surface area (Å²) in [6.45, 7) is 0.670. The second-order valence-electron chi connectivity index (χ2n) is 5.91. The van der Waals surface area contributed by atoms with Gasteiger partial charge in [0.2, 0.25) is 0 Å². The summed E-state index contributed by atoms with van der Waals surface area (Å²) in [5.41, 5.74) is 7.90. The Balaban J connectivity index is 1.61. The number of rotatable bonds is 3. The Morgan fingerprint density at radius 1 is 1.29 bits per heavy atom. The van der Waals surface area contributed by atoms with Crippen LogP contribution in [0.25, 0.3) is 10.9 Å². The lowest BCUT2D eigenvalue weighted by Crippen LogP contribution is -2.32. The lowest BCUT2D eigenvalue weighted by atomic mass is 9.87. The highest BCUT2D eigenvalue weighted by Gasteiger charge is 2.20. The maximum Gasteiger partial charge on any atom is 0.267 e. The molecule has 2 aromatic rings. The van der Waals surface area contributed by atoms with E-state index < -0.39 is 0 Å². The number of aromatic nitrogens is 1. The van der Waals surface area contributed by atoms with Crippen molar-refractivity contribution in [2.45, 2.75) is 31.8 Å². The number of aliphatic hydroxyl groups is 1. The van der Waals surface area contributed by atoms with Crippen molar-refractivity contribution in [1.82, 2.24) is 10.3 Å². The molecule has 21 heavy (non-hydrogen) atoms. The Morgan fingerprint density at radius 3 is 2.81 bits per heavy atom. The van der Waals surface area contributed by atoms with Gasteiger partial charge in [0.25, 0.3) is 5.91 Å². The number of amides is 1. The number of nitrogens with two attached hydrogens (primary N) is 1. The Bertz CT molecular complexity index is 642. The van der Waals surface area contributed by atoms with E-state index in [1.165, 1.54) is 0 Å². The van der Waals surface area contributed by atoms with Gasteiger partial charge in [0.15, 0.2) is 0 Å². The number of anilines is 1. The first-order valence-electron chi connectivity index (χ1n) is 7.46. The highest BCUT2D eigenvalue weighted by atomic mass is 16.3. The molecule has 1 aliphatic carbocycles. The monoisotopic (exact) mass is 287 g/mol. The second-order valence-corrected chi connectivity index (χ2v) is 5.91. The van der Waals surface area contributed by atoms with Crippen molar-refractivity contribution in [2.75, 3.05) is 12.3 Å². The van der Waals surface area contributed by atoms with Gasteiger partial charge in [0.05, 0.1) is 6.10 Å². The second kappa shape index (κ2) is 5.77. The van der Waals surface area contributed by atoms with Crippen LogP contribution in [0.4, 0.5) is 5.69 Å². The van der Waals surface area contributed by atoms with Crippen LogP contribution >= 0.6 is 0 Å². The average molecular weight is 287 g/mol. The minimum Gasteiger partial charge on any atom is -0.399 e. The van der Waals surface area contributed by atoms with Gasteiger partial charge in [-0.1, -0.05) is 0 Å². The first-order chi connectivity index (χ1) is 10.1. The van der Waals surface area contributed by atoms with Crippen molar-refractivity contribution in [1.29, 1.82) is 0 Å². The van der Waals surface area contributed by atoms with Gasteiger partial charge >= 0.3 is 0 Å². The smallest absolute Gasteiger partial charge is 0.267 e. The molecule has 1 aromatic heterocycles. The minimum absolute atomic E-state index is 0.0871. The van der Waals surface area contributed by atoms with Crippen LogP contribution in [0.2, 0.25) is 0 Å². The number of nitrogen functional groups attached to an aromatic ring is 1. The molecule has 0 bridgehead atoms. The number of aliphatic hydroxyl groups excluding tert-OH is 1. The van der Waals surface area contributed by atoms with E-state index in [4.69, 9.17) is 5.73 Å². The van der Waals surface area contributed by atoms with E-state index in [0.29, 0.717) is 23.8 Å². The fourth-order valence-electron chi connectivity index (χ4n) is 2.95. The molecule has 1 aromatic carbocycles. The van der Waals surface area contributed by atoms with Crippen LogP contribution in [-0.2, 0) is 0 Å². The van der Waals surface area contributed by atoms with Gasteiger partial charge in [-0.25, -0.2) is 0 Å². The average Bonchev–Trinajstić information content (AvgIpc) is 2.89. The topological polar surface area (TPSA) is 91.1 Å². The summed E-state index contributed by atoms with van der Waals surface area (Å²) in [5.74, 6) is 0.383. The lowest BCUT2D eigenvalue weighted by molar-refractivity contribution is 0.0906. The Kier molecular flexibility index (Phi) is 3.84. The zero-order chi connectivity index (χ0) is 14.8. The summed E-state index contributed by atoms with van der Waals surface area (Å²) >= 11 is 0. The maximum atomic E-state index is 12.2. The standard InChI is InChI=1S/C16H21N3O2/c17-12-3-6-14-11(7-12)8-15(19-14)16(21)18-9-10-1-4-13(20)5-2-10/h3,6-8,10,13,19-20H,1-2,4-5,9,17H2,(H,18,21). The quantitative estimate of drug-likeness (QED) is 0.651. The number of carbonyl (C=O) groups excluding carboxylic acids is 1. The molecule has 5 N–H and O–H groups in total. The highest BCUT2D eigenvalue weighted by molar-refractivity contribution is 5.98.